The number of sulfonamides is 1. The van der Waals surface area contributed by atoms with E-state index in [1.165, 1.54) is 19.2 Å². The Labute approximate surface area is 188 Å². The molecule has 1 fully saturated rings. The summed E-state index contributed by atoms with van der Waals surface area (Å²) in [5.74, 6) is 1.30. The monoisotopic (exact) mass is 460 g/mol. The summed E-state index contributed by atoms with van der Waals surface area (Å²) < 4.78 is 44.9. The van der Waals surface area contributed by atoms with Gasteiger partial charge in [0.15, 0.2) is 0 Å². The number of rotatable bonds is 9. The molecule has 9 heteroatoms. The molecular formula is C23H28N2O6S. The van der Waals surface area contributed by atoms with Gasteiger partial charge in [-0.25, -0.2) is 13.1 Å². The van der Waals surface area contributed by atoms with Gasteiger partial charge in [-0.3, -0.25) is 4.79 Å². The molecule has 8 nitrogen and oxygen atoms in total. The van der Waals surface area contributed by atoms with Crippen LogP contribution in [0.4, 0.5) is 0 Å². The van der Waals surface area contributed by atoms with E-state index in [0.29, 0.717) is 12.4 Å². The van der Waals surface area contributed by atoms with E-state index in [1.54, 1.807) is 6.07 Å². The number of hydrogen-bond donors (Lipinski definition) is 2. The molecule has 0 spiro atoms. The van der Waals surface area contributed by atoms with E-state index in [2.05, 4.69) is 10.0 Å². The van der Waals surface area contributed by atoms with Crippen LogP contribution in [0, 0.1) is 0 Å². The van der Waals surface area contributed by atoms with Gasteiger partial charge >= 0.3 is 0 Å². The highest BCUT2D eigenvalue weighted by atomic mass is 32.2. The minimum absolute atomic E-state index is 0.0468. The van der Waals surface area contributed by atoms with E-state index in [4.69, 9.17) is 14.2 Å². The van der Waals surface area contributed by atoms with Crippen molar-refractivity contribution in [3.8, 4) is 17.2 Å². The Hall–Kier alpha value is -2.78. The van der Waals surface area contributed by atoms with E-state index in [1.807, 2.05) is 26.0 Å². The number of carbonyl (C=O) groups excluding carboxylic acids is 1. The fourth-order valence-electron chi connectivity index (χ4n) is 3.70. The molecule has 0 radical (unpaired) electrons. The van der Waals surface area contributed by atoms with Crippen LogP contribution in [0.25, 0.3) is 0 Å². The molecule has 0 saturated heterocycles. The normalized spacial score (nSPS) is 17.4. The van der Waals surface area contributed by atoms with Crippen molar-refractivity contribution >= 4 is 15.9 Å². The van der Waals surface area contributed by atoms with Gasteiger partial charge in [0.05, 0.1) is 13.7 Å². The van der Waals surface area contributed by atoms with Crippen molar-refractivity contribution in [2.45, 2.75) is 56.7 Å². The number of carbonyl (C=O) groups is 1. The number of hydrogen-bond acceptors (Lipinski definition) is 6. The number of nitrogens with one attached hydrogen (secondary N) is 2. The SMILES string of the molecule is CCOc1cc2c(cc1CNC(=O)c1ccc(OC)c(S(=O)(=O)NC3CC3)c1)O[C@@H](C)C2. The lowest BCUT2D eigenvalue weighted by atomic mass is 10.1. The Morgan fingerprint density at radius 2 is 1.97 bits per heavy atom. The molecular weight excluding hydrogens is 432 g/mol. The molecule has 1 atom stereocenters. The smallest absolute Gasteiger partial charge is 0.251 e. The van der Waals surface area contributed by atoms with E-state index in [-0.39, 0.29) is 34.9 Å². The lowest BCUT2D eigenvalue weighted by Crippen LogP contribution is -2.27. The van der Waals surface area contributed by atoms with Crippen LogP contribution >= 0.6 is 0 Å². The summed E-state index contributed by atoms with van der Waals surface area (Å²) in [6, 6.07) is 8.19. The van der Waals surface area contributed by atoms with Crippen LogP contribution in [0.2, 0.25) is 0 Å². The Kier molecular flexibility index (Phi) is 6.30. The highest BCUT2D eigenvalue weighted by Gasteiger charge is 2.30. The predicted octanol–water partition coefficient (Wildman–Crippen LogP) is 2.79. The molecule has 1 heterocycles. The quantitative estimate of drug-likeness (QED) is 0.597. The molecule has 1 amide bonds. The van der Waals surface area contributed by atoms with Gasteiger partial charge in [0.25, 0.3) is 5.91 Å². The molecule has 0 bridgehead atoms. The number of fused-ring (bicyclic) bond motifs is 1. The van der Waals surface area contributed by atoms with Crippen molar-refractivity contribution in [2.24, 2.45) is 0 Å². The average molecular weight is 461 g/mol. The van der Waals surface area contributed by atoms with Crippen molar-refractivity contribution in [2.75, 3.05) is 13.7 Å². The zero-order valence-corrected chi connectivity index (χ0v) is 19.3. The van der Waals surface area contributed by atoms with Gasteiger partial charge in [-0.05, 0) is 57.0 Å². The summed E-state index contributed by atoms with van der Waals surface area (Å²) in [6.45, 7) is 4.64. The molecule has 1 aliphatic heterocycles. The fraction of sp³-hybridized carbons (Fsp3) is 0.435. The topological polar surface area (TPSA) is 103 Å². The molecule has 2 aromatic carbocycles. The Morgan fingerprint density at radius 1 is 1.19 bits per heavy atom. The van der Waals surface area contributed by atoms with Crippen molar-refractivity contribution in [1.82, 2.24) is 10.0 Å². The zero-order chi connectivity index (χ0) is 22.9. The fourth-order valence-corrected chi connectivity index (χ4v) is 5.20. The minimum Gasteiger partial charge on any atom is -0.495 e. The third kappa shape index (κ3) is 4.83. The van der Waals surface area contributed by atoms with E-state index < -0.39 is 15.9 Å². The third-order valence-electron chi connectivity index (χ3n) is 5.43. The van der Waals surface area contributed by atoms with Gasteiger partial charge in [0, 0.05) is 35.7 Å². The van der Waals surface area contributed by atoms with Crippen molar-refractivity contribution in [3.63, 3.8) is 0 Å². The Bertz CT molecular complexity index is 1130. The Balaban J connectivity index is 1.53. The zero-order valence-electron chi connectivity index (χ0n) is 18.4. The molecule has 2 N–H and O–H groups in total. The lowest BCUT2D eigenvalue weighted by Gasteiger charge is -2.14. The van der Waals surface area contributed by atoms with Crippen LogP contribution in [0.5, 0.6) is 17.2 Å². The van der Waals surface area contributed by atoms with Crippen LogP contribution < -0.4 is 24.2 Å². The van der Waals surface area contributed by atoms with Crippen LogP contribution in [0.1, 0.15) is 48.2 Å². The molecule has 0 unspecified atom stereocenters. The molecule has 1 saturated carbocycles. The van der Waals surface area contributed by atoms with Crippen LogP contribution in [0.3, 0.4) is 0 Å². The maximum absolute atomic E-state index is 12.8. The van der Waals surface area contributed by atoms with Crippen LogP contribution in [-0.2, 0) is 23.0 Å². The van der Waals surface area contributed by atoms with Crippen LogP contribution in [-0.4, -0.2) is 40.2 Å². The molecule has 0 aromatic heterocycles. The van der Waals surface area contributed by atoms with Gasteiger partial charge in [-0.2, -0.15) is 0 Å². The average Bonchev–Trinajstić information content (AvgIpc) is 3.49. The molecule has 2 aromatic rings. The number of methoxy groups -OCH3 is 1. The molecule has 172 valence electrons. The highest BCUT2D eigenvalue weighted by molar-refractivity contribution is 7.89. The van der Waals surface area contributed by atoms with Gasteiger partial charge < -0.3 is 19.5 Å². The summed E-state index contributed by atoms with van der Waals surface area (Å²) >= 11 is 0. The van der Waals surface area contributed by atoms with E-state index >= 15 is 0 Å². The van der Waals surface area contributed by atoms with Crippen molar-refractivity contribution < 1.29 is 27.4 Å². The second kappa shape index (κ2) is 8.99. The summed E-state index contributed by atoms with van der Waals surface area (Å²) in [5.41, 5.74) is 2.11. The third-order valence-corrected chi connectivity index (χ3v) is 6.97. The van der Waals surface area contributed by atoms with Gasteiger partial charge in [0.1, 0.15) is 28.2 Å². The summed E-state index contributed by atoms with van der Waals surface area (Å²) in [5, 5.41) is 2.86. The summed E-state index contributed by atoms with van der Waals surface area (Å²) in [6.07, 6.45) is 2.55. The van der Waals surface area contributed by atoms with Gasteiger partial charge in [-0.15, -0.1) is 0 Å². The maximum atomic E-state index is 12.8. The first-order valence-electron chi connectivity index (χ1n) is 10.7. The van der Waals surface area contributed by atoms with Crippen molar-refractivity contribution in [1.29, 1.82) is 0 Å². The second-order valence-electron chi connectivity index (χ2n) is 8.08. The first kappa shape index (κ1) is 22.4. The molecule has 1 aliphatic carbocycles. The van der Waals surface area contributed by atoms with Gasteiger partial charge in [-0.1, -0.05) is 0 Å². The first-order chi connectivity index (χ1) is 15.3. The highest BCUT2D eigenvalue weighted by Crippen LogP contribution is 2.35. The predicted molar refractivity (Wildman–Crippen MR) is 119 cm³/mol. The van der Waals surface area contributed by atoms with Crippen molar-refractivity contribution in [3.05, 3.63) is 47.0 Å². The lowest BCUT2D eigenvalue weighted by molar-refractivity contribution is 0.0950. The number of amides is 1. The van der Waals surface area contributed by atoms with E-state index in [0.717, 1.165) is 36.1 Å². The van der Waals surface area contributed by atoms with E-state index in [9.17, 15) is 13.2 Å². The van der Waals surface area contributed by atoms with Crippen LogP contribution in [0.15, 0.2) is 35.2 Å². The largest absolute Gasteiger partial charge is 0.495 e. The molecule has 32 heavy (non-hydrogen) atoms. The summed E-state index contributed by atoms with van der Waals surface area (Å²) in [7, 11) is -2.38. The summed E-state index contributed by atoms with van der Waals surface area (Å²) in [4.78, 5) is 12.8. The Morgan fingerprint density at radius 3 is 2.66 bits per heavy atom. The molecule has 2 aliphatic rings. The van der Waals surface area contributed by atoms with Gasteiger partial charge in [0.2, 0.25) is 10.0 Å². The molecule has 4 rings (SSSR count). The second-order valence-corrected chi connectivity index (χ2v) is 9.76. The standard InChI is InChI=1S/C23H28N2O6S/c1-4-30-20-10-16-9-14(2)31-21(16)11-17(20)13-24-23(26)15-5-8-19(29-3)22(12-15)32(27,28)25-18-6-7-18/h5,8,10-12,14,18,25H,4,6-7,9,13H2,1-3H3,(H,24,26)/t14-/m0/s1. The number of benzene rings is 2. The first-order valence-corrected chi connectivity index (χ1v) is 12.2. The maximum Gasteiger partial charge on any atom is 0.251 e. The number of ether oxygens (including phenoxy) is 3. The minimum atomic E-state index is -3.78.